The van der Waals surface area contributed by atoms with Gasteiger partial charge in [-0.05, 0) is 34.1 Å². The average Bonchev–Trinajstić information content (AvgIpc) is 3.81. The van der Waals surface area contributed by atoms with Crippen LogP contribution in [-0.4, -0.2) is 125 Å². The lowest BCUT2D eigenvalue weighted by Crippen LogP contribution is -2.68. The van der Waals surface area contributed by atoms with E-state index in [1.165, 1.54) is 50.6 Å². The second-order valence-electron chi connectivity index (χ2n) is 14.3. The number of amides is 6. The molecule has 0 saturated heterocycles. The molecule has 71 heavy (non-hydrogen) atoms. The zero-order valence-corrected chi connectivity index (χ0v) is 37.1. The van der Waals surface area contributed by atoms with Crippen LogP contribution in [0.3, 0.4) is 0 Å². The van der Waals surface area contributed by atoms with Crippen molar-refractivity contribution in [1.29, 1.82) is 21.6 Å². The molecule has 0 aliphatic rings. The van der Waals surface area contributed by atoms with E-state index in [1.807, 2.05) is 16.0 Å². The fourth-order valence-electron chi connectivity index (χ4n) is 6.20. The molecule has 1 heterocycles. The zero-order valence-electron chi connectivity index (χ0n) is 37.1. The topological polar surface area (TPSA) is 560 Å². The van der Waals surface area contributed by atoms with Crippen LogP contribution >= 0.6 is 0 Å². The van der Waals surface area contributed by atoms with E-state index >= 15 is 0 Å². The van der Waals surface area contributed by atoms with E-state index < -0.39 is 107 Å². The summed E-state index contributed by atoms with van der Waals surface area (Å²) in [7, 11) is 2.75. The van der Waals surface area contributed by atoms with Crippen LogP contribution in [0.25, 0.3) is 11.0 Å². The molecule has 0 radical (unpaired) electrons. The number of guanidine groups is 4. The van der Waals surface area contributed by atoms with Gasteiger partial charge in [-0.25, -0.2) is 4.63 Å². The largest absolute Gasteiger partial charge is 0.497 e. The Morgan fingerprint density at radius 3 is 1.63 bits per heavy atom. The van der Waals surface area contributed by atoms with Crippen LogP contribution in [0.4, 0.5) is 11.4 Å². The molecule has 0 fully saturated rings. The molecule has 34 nitrogen and oxygen atoms in total. The molecule has 1 aromatic heterocycles. The zero-order chi connectivity index (χ0) is 52.7. The summed E-state index contributed by atoms with van der Waals surface area (Å²) >= 11 is 0. The van der Waals surface area contributed by atoms with Gasteiger partial charge >= 0.3 is 5.69 Å². The van der Waals surface area contributed by atoms with Gasteiger partial charge in [0.1, 0.15) is 17.5 Å². The predicted molar refractivity (Wildman–Crippen MR) is 245 cm³/mol. The van der Waals surface area contributed by atoms with Gasteiger partial charge in [0.05, 0.1) is 24.8 Å². The second-order valence-corrected chi connectivity index (χ2v) is 14.3. The summed E-state index contributed by atoms with van der Waals surface area (Å²) in [5, 5.41) is 80.6. The summed E-state index contributed by atoms with van der Waals surface area (Å²) in [5.74, 6) is -10.9. The number of nitrogens with one attached hydrogen (secondary N) is 13. The molecule has 6 unspecified atom stereocenters. The summed E-state index contributed by atoms with van der Waals surface area (Å²) in [6.45, 7) is -0.376. The molecular weight excluding hydrogens is 945 g/mol. The number of nitro groups is 1. The number of nitrogens with zero attached hydrogens (tertiary/aromatic N) is 4. The van der Waals surface area contributed by atoms with Crippen LogP contribution < -0.4 is 90.9 Å². The van der Waals surface area contributed by atoms with Crippen LogP contribution in [-0.2, 0) is 35.3 Å². The molecule has 0 spiro atoms. The Hall–Kier alpha value is -10.3. The Bertz CT molecular complexity index is 2700. The lowest BCUT2D eigenvalue weighted by Gasteiger charge is -2.31. The average molecular weight is 993 g/mol. The van der Waals surface area contributed by atoms with E-state index in [1.54, 1.807) is 18.2 Å². The maximum absolute atomic E-state index is 14.3. The van der Waals surface area contributed by atoms with Crippen molar-refractivity contribution in [2.45, 2.75) is 43.5 Å². The van der Waals surface area contributed by atoms with E-state index in [4.69, 9.17) is 64.4 Å². The maximum atomic E-state index is 14.3. The molecular formula is C37H48N22O12. The number of aliphatic hydroxyl groups excluding tert-OH is 1. The van der Waals surface area contributed by atoms with Gasteiger partial charge in [-0.1, -0.05) is 30.3 Å². The van der Waals surface area contributed by atoms with E-state index in [0.717, 1.165) is 11.0 Å². The number of ether oxygens (including phenoxy) is 2. The fraction of sp³-hybridized carbons (Fsp3) is 0.243. The lowest BCUT2D eigenvalue weighted by atomic mass is 10.1. The SMILES string of the molecule is COc1ccc(CN(c2ccc([N+](=O)[O-])c3nonc23)C(O)C(=O)NC(C(=O)NC(NC(=N)N)C(=O)NC(NC(=N)N)C(=O)NC(NC(=N)N)C(=O)NC(NC(=N)N)C(N)=O)c2ccccc2)c(OC)c1. The molecule has 6 atom stereocenters. The summed E-state index contributed by atoms with van der Waals surface area (Å²) < 4.78 is 15.6. The van der Waals surface area contributed by atoms with Gasteiger partial charge in [0, 0.05) is 24.2 Å². The van der Waals surface area contributed by atoms with E-state index in [0.29, 0.717) is 11.3 Å². The number of primary amides is 1. The summed E-state index contributed by atoms with van der Waals surface area (Å²) in [5.41, 5.74) is 25.9. The number of carbonyl (C=O) groups is 6. The third-order valence-corrected chi connectivity index (χ3v) is 9.34. The molecule has 34 heteroatoms. The first kappa shape index (κ1) is 53.3. The molecule has 0 aliphatic heterocycles. The van der Waals surface area contributed by atoms with Crippen LogP contribution in [0, 0.1) is 31.8 Å². The number of anilines is 1. The Morgan fingerprint density at radius 1 is 0.662 bits per heavy atom. The smallest absolute Gasteiger partial charge is 0.300 e. The summed E-state index contributed by atoms with van der Waals surface area (Å²) in [6.07, 6.45) is -10.4. The number of carbonyl (C=O) groups excluding carboxylic acids is 6. The first-order valence-corrected chi connectivity index (χ1v) is 19.9. The molecule has 4 rings (SSSR count). The van der Waals surface area contributed by atoms with Gasteiger partial charge < -0.3 is 96.0 Å². The number of nitrogens with two attached hydrogens (primary N) is 5. The summed E-state index contributed by atoms with van der Waals surface area (Å²) in [4.78, 5) is 93.0. The number of rotatable bonds is 23. The second kappa shape index (κ2) is 24.0. The van der Waals surface area contributed by atoms with Crippen LogP contribution in [0.5, 0.6) is 11.5 Å². The number of hydrogen-bond donors (Lipinski definition) is 19. The van der Waals surface area contributed by atoms with E-state index in [2.05, 4.69) is 42.2 Å². The number of non-ortho nitro benzene ring substituents is 1. The van der Waals surface area contributed by atoms with Crippen LogP contribution in [0.15, 0.2) is 65.3 Å². The molecule has 0 saturated carbocycles. The number of fused-ring (bicyclic) bond motifs is 1. The number of nitro benzene ring substituents is 1. The van der Waals surface area contributed by atoms with Crippen molar-refractivity contribution >= 4 is 81.7 Å². The van der Waals surface area contributed by atoms with Crippen molar-refractivity contribution in [3.05, 3.63) is 81.9 Å². The van der Waals surface area contributed by atoms with Crippen molar-refractivity contribution < 1.29 is 52.9 Å². The molecule has 0 aliphatic carbocycles. The Morgan fingerprint density at radius 2 is 1.15 bits per heavy atom. The third kappa shape index (κ3) is 14.4. The lowest BCUT2D eigenvalue weighted by molar-refractivity contribution is -0.383. The van der Waals surface area contributed by atoms with Crippen molar-refractivity contribution in [2.24, 2.45) is 28.7 Å². The molecule has 0 bridgehead atoms. The first-order chi connectivity index (χ1) is 33.5. The third-order valence-electron chi connectivity index (χ3n) is 9.34. The number of benzene rings is 3. The highest BCUT2D eigenvalue weighted by molar-refractivity contribution is 6.00. The number of aromatic nitrogens is 2. The minimum Gasteiger partial charge on any atom is -0.497 e. The number of hydrogen-bond acceptors (Lipinski definition) is 19. The molecule has 24 N–H and O–H groups in total. The number of methoxy groups -OCH3 is 2. The standard InChI is InChI=1S/C37H48N22O12/c1-69-16-9-8-15(19(12-16)70-2)13-58(17-10-11-18(59(67)68)22-21(17)56-71-57-22)33(66)32(65)47-20(14-6-4-3-5-7-14)28(61)49-25(53-35(41)42)30(63)51-27(55-37(45)46)31(64)50-26(54-36(43)44)29(62)48-24(23(38)60)52-34(39)40/h3-12,20,24-27,33,66H,13H2,1-2H3,(H2,38,60)(H,47,65)(H,48,62)(H,49,61)(H,50,64)(H,51,63)(H4,39,40,52)(H4,41,42,53)(H4,43,44,54)(H4,45,46,55). The highest BCUT2D eigenvalue weighted by Gasteiger charge is 2.36. The minimum atomic E-state index is -2.27. The van der Waals surface area contributed by atoms with Crippen molar-refractivity contribution in [2.75, 3.05) is 19.1 Å². The van der Waals surface area contributed by atoms with E-state index in [-0.39, 0.29) is 34.6 Å². The normalized spacial score (nSPS) is 13.1. The number of aliphatic hydroxyl groups is 1. The van der Waals surface area contributed by atoms with Gasteiger partial charge in [0.2, 0.25) is 17.7 Å². The Balaban J connectivity index is 1.67. The fourth-order valence-corrected chi connectivity index (χ4v) is 6.20. The van der Waals surface area contributed by atoms with Gasteiger partial charge in [-0.2, -0.15) is 0 Å². The molecule has 3 aromatic carbocycles. The van der Waals surface area contributed by atoms with Crippen LogP contribution in [0.1, 0.15) is 17.2 Å². The Labute approximate surface area is 398 Å². The maximum Gasteiger partial charge on any atom is 0.300 e. The summed E-state index contributed by atoms with van der Waals surface area (Å²) in [6, 6.07) is 12.3. The van der Waals surface area contributed by atoms with Crippen molar-refractivity contribution in [3.63, 3.8) is 0 Å². The van der Waals surface area contributed by atoms with Gasteiger partial charge in [-0.3, -0.25) is 60.5 Å². The van der Waals surface area contributed by atoms with Crippen molar-refractivity contribution in [1.82, 2.24) is 58.2 Å². The first-order valence-electron chi connectivity index (χ1n) is 19.9. The van der Waals surface area contributed by atoms with Gasteiger partial charge in [0.15, 0.2) is 54.0 Å². The predicted octanol–water partition coefficient (Wildman–Crippen LogP) is -6.48. The quantitative estimate of drug-likeness (QED) is 0.0108. The highest BCUT2D eigenvalue weighted by atomic mass is 16.6. The Kier molecular flexibility index (Phi) is 18.0. The molecule has 4 aromatic rings. The van der Waals surface area contributed by atoms with Gasteiger partial charge in [-0.15, -0.1) is 0 Å². The van der Waals surface area contributed by atoms with Gasteiger partial charge in [0.25, 0.3) is 29.5 Å². The van der Waals surface area contributed by atoms with Crippen molar-refractivity contribution in [3.8, 4) is 11.5 Å². The monoisotopic (exact) mass is 992 g/mol. The molecule has 378 valence electrons. The van der Waals surface area contributed by atoms with Crippen LogP contribution in [0.2, 0.25) is 0 Å². The van der Waals surface area contributed by atoms with E-state index in [9.17, 15) is 44.0 Å². The molecule has 6 amide bonds. The highest BCUT2D eigenvalue weighted by Crippen LogP contribution is 2.35. The minimum absolute atomic E-state index is 0.0456.